The molecule has 0 spiro atoms. The molecule has 6 nitrogen and oxygen atoms in total. The van der Waals surface area contributed by atoms with E-state index in [2.05, 4.69) is 24.1 Å². The fourth-order valence-electron chi connectivity index (χ4n) is 2.59. The van der Waals surface area contributed by atoms with E-state index < -0.39 is 0 Å². The number of rotatable bonds is 9. The maximum atomic E-state index is 12.3. The van der Waals surface area contributed by atoms with Gasteiger partial charge in [-0.25, -0.2) is 0 Å². The number of ether oxygens (including phenoxy) is 3. The van der Waals surface area contributed by atoms with Crippen molar-refractivity contribution in [3.05, 3.63) is 23.8 Å². The van der Waals surface area contributed by atoms with Gasteiger partial charge in [0.05, 0.1) is 26.9 Å². The summed E-state index contributed by atoms with van der Waals surface area (Å²) in [4.78, 5) is 14.6. The number of morpholine rings is 1. The summed E-state index contributed by atoms with van der Waals surface area (Å²) in [6.07, 6.45) is 0.979. The molecule has 1 aromatic carbocycles. The Labute approximate surface area is 150 Å². The zero-order valence-corrected chi connectivity index (χ0v) is 15.5. The number of benzene rings is 1. The lowest BCUT2D eigenvalue weighted by atomic mass is 10.1. The minimum atomic E-state index is -0.0970. The van der Waals surface area contributed by atoms with Gasteiger partial charge in [0.2, 0.25) is 0 Å². The first-order valence-corrected chi connectivity index (χ1v) is 8.99. The molecule has 1 aromatic rings. The predicted octanol–water partition coefficient (Wildman–Crippen LogP) is 2.18. The van der Waals surface area contributed by atoms with Crippen molar-refractivity contribution in [2.75, 3.05) is 53.1 Å². The quantitative estimate of drug-likeness (QED) is 0.740. The largest absolute Gasteiger partial charge is 0.493 e. The van der Waals surface area contributed by atoms with Gasteiger partial charge in [-0.05, 0) is 30.5 Å². The molecule has 0 bridgehead atoms. The average molecular weight is 350 g/mol. The normalized spacial score (nSPS) is 15.2. The third-order valence-corrected chi connectivity index (χ3v) is 4.20. The third-order valence-electron chi connectivity index (χ3n) is 4.20. The Morgan fingerprint density at radius 2 is 2.04 bits per heavy atom. The Balaban J connectivity index is 1.84. The second kappa shape index (κ2) is 10.3. The van der Waals surface area contributed by atoms with Crippen molar-refractivity contribution in [2.45, 2.75) is 20.3 Å². The van der Waals surface area contributed by atoms with Crippen LogP contribution in [0.2, 0.25) is 0 Å². The number of methoxy groups -OCH3 is 1. The molecule has 25 heavy (non-hydrogen) atoms. The van der Waals surface area contributed by atoms with Crippen LogP contribution >= 0.6 is 0 Å². The molecule has 1 saturated heterocycles. The SMILES string of the molecule is COc1cc(C(=O)NCCN2CCOCC2)ccc1OCCC(C)C. The number of hydrogen-bond donors (Lipinski definition) is 1. The minimum absolute atomic E-state index is 0.0970. The molecule has 140 valence electrons. The summed E-state index contributed by atoms with van der Waals surface area (Å²) >= 11 is 0. The maximum Gasteiger partial charge on any atom is 0.251 e. The first kappa shape index (κ1) is 19.5. The monoisotopic (exact) mass is 350 g/mol. The molecule has 1 aliphatic heterocycles. The molecule has 2 rings (SSSR count). The lowest BCUT2D eigenvalue weighted by Gasteiger charge is -2.26. The Hall–Kier alpha value is -1.79. The molecular formula is C19H30N2O4. The van der Waals surface area contributed by atoms with Crippen LogP contribution in [0.5, 0.6) is 11.5 Å². The average Bonchev–Trinajstić information content (AvgIpc) is 2.62. The molecule has 1 aliphatic rings. The Bertz CT molecular complexity index is 542. The van der Waals surface area contributed by atoms with Crippen molar-refractivity contribution in [3.63, 3.8) is 0 Å². The molecule has 6 heteroatoms. The molecule has 1 fully saturated rings. The molecule has 0 aliphatic carbocycles. The Morgan fingerprint density at radius 1 is 1.28 bits per heavy atom. The molecule has 1 N–H and O–H groups in total. The van der Waals surface area contributed by atoms with Gasteiger partial charge in [0, 0.05) is 31.7 Å². The molecule has 0 atom stereocenters. The molecule has 0 radical (unpaired) electrons. The van der Waals surface area contributed by atoms with E-state index in [1.165, 1.54) is 0 Å². The lowest BCUT2D eigenvalue weighted by molar-refractivity contribution is 0.0383. The van der Waals surface area contributed by atoms with Crippen molar-refractivity contribution >= 4 is 5.91 Å². The summed E-state index contributed by atoms with van der Waals surface area (Å²) in [7, 11) is 1.59. The van der Waals surface area contributed by atoms with Gasteiger partial charge in [-0.2, -0.15) is 0 Å². The number of carbonyl (C=O) groups excluding carboxylic acids is 1. The number of carbonyl (C=O) groups is 1. The van der Waals surface area contributed by atoms with Crippen LogP contribution in [0.15, 0.2) is 18.2 Å². The van der Waals surface area contributed by atoms with Gasteiger partial charge in [0.1, 0.15) is 0 Å². The van der Waals surface area contributed by atoms with E-state index in [1.807, 2.05) is 0 Å². The van der Waals surface area contributed by atoms with Gasteiger partial charge < -0.3 is 19.5 Å². The van der Waals surface area contributed by atoms with E-state index >= 15 is 0 Å². The van der Waals surface area contributed by atoms with E-state index in [9.17, 15) is 4.79 Å². The Morgan fingerprint density at radius 3 is 2.72 bits per heavy atom. The van der Waals surface area contributed by atoms with Crippen molar-refractivity contribution in [1.29, 1.82) is 0 Å². The highest BCUT2D eigenvalue weighted by Crippen LogP contribution is 2.28. The second-order valence-electron chi connectivity index (χ2n) is 6.61. The third kappa shape index (κ3) is 6.55. The van der Waals surface area contributed by atoms with Crippen LogP contribution in [0.25, 0.3) is 0 Å². The van der Waals surface area contributed by atoms with Gasteiger partial charge in [0.25, 0.3) is 5.91 Å². The van der Waals surface area contributed by atoms with Crippen LogP contribution in [-0.2, 0) is 4.74 Å². The molecule has 0 unspecified atom stereocenters. The van der Waals surface area contributed by atoms with Crippen molar-refractivity contribution < 1.29 is 19.0 Å². The Kier molecular flexibility index (Phi) is 8.01. The molecular weight excluding hydrogens is 320 g/mol. The highest BCUT2D eigenvalue weighted by molar-refractivity contribution is 5.94. The van der Waals surface area contributed by atoms with Crippen molar-refractivity contribution in [1.82, 2.24) is 10.2 Å². The van der Waals surface area contributed by atoms with Crippen LogP contribution in [0.4, 0.5) is 0 Å². The fraction of sp³-hybridized carbons (Fsp3) is 0.632. The van der Waals surface area contributed by atoms with E-state index in [0.717, 1.165) is 39.3 Å². The zero-order chi connectivity index (χ0) is 18.1. The van der Waals surface area contributed by atoms with Gasteiger partial charge >= 0.3 is 0 Å². The number of amides is 1. The topological polar surface area (TPSA) is 60.0 Å². The van der Waals surface area contributed by atoms with Crippen molar-refractivity contribution in [2.24, 2.45) is 5.92 Å². The predicted molar refractivity (Wildman–Crippen MR) is 97.5 cm³/mol. The van der Waals surface area contributed by atoms with Crippen LogP contribution in [0.3, 0.4) is 0 Å². The number of nitrogens with one attached hydrogen (secondary N) is 1. The minimum Gasteiger partial charge on any atom is -0.493 e. The smallest absolute Gasteiger partial charge is 0.251 e. The maximum absolute atomic E-state index is 12.3. The standard InChI is InChI=1S/C19H30N2O4/c1-15(2)6-11-25-17-5-4-16(14-18(17)23-3)19(22)20-7-8-21-9-12-24-13-10-21/h4-5,14-15H,6-13H2,1-3H3,(H,20,22). The summed E-state index contributed by atoms with van der Waals surface area (Å²) in [5.41, 5.74) is 0.579. The highest BCUT2D eigenvalue weighted by Gasteiger charge is 2.13. The first-order valence-electron chi connectivity index (χ1n) is 8.99. The summed E-state index contributed by atoms with van der Waals surface area (Å²) < 4.78 is 16.4. The molecule has 1 heterocycles. The van der Waals surface area contributed by atoms with E-state index in [0.29, 0.717) is 36.1 Å². The van der Waals surface area contributed by atoms with Crippen molar-refractivity contribution in [3.8, 4) is 11.5 Å². The zero-order valence-electron chi connectivity index (χ0n) is 15.5. The van der Waals surface area contributed by atoms with Crippen LogP contribution in [0.1, 0.15) is 30.6 Å². The van der Waals surface area contributed by atoms with Crippen LogP contribution < -0.4 is 14.8 Å². The highest BCUT2D eigenvalue weighted by atomic mass is 16.5. The first-order chi connectivity index (χ1) is 12.1. The van der Waals surface area contributed by atoms with Gasteiger partial charge in [0.15, 0.2) is 11.5 Å². The van der Waals surface area contributed by atoms with E-state index in [1.54, 1.807) is 25.3 Å². The van der Waals surface area contributed by atoms with E-state index in [4.69, 9.17) is 14.2 Å². The van der Waals surface area contributed by atoms with Crippen LogP contribution in [-0.4, -0.2) is 63.9 Å². The number of nitrogens with zero attached hydrogens (tertiary/aromatic N) is 1. The fourth-order valence-corrected chi connectivity index (χ4v) is 2.59. The second-order valence-corrected chi connectivity index (χ2v) is 6.61. The molecule has 0 aromatic heterocycles. The van der Waals surface area contributed by atoms with Gasteiger partial charge in [-0.3, -0.25) is 9.69 Å². The lowest BCUT2D eigenvalue weighted by Crippen LogP contribution is -2.41. The summed E-state index contributed by atoms with van der Waals surface area (Å²) in [6.45, 7) is 9.79. The van der Waals surface area contributed by atoms with E-state index in [-0.39, 0.29) is 5.91 Å². The summed E-state index contributed by atoms with van der Waals surface area (Å²) in [5, 5.41) is 2.96. The summed E-state index contributed by atoms with van der Waals surface area (Å²) in [6, 6.07) is 5.31. The van der Waals surface area contributed by atoms with Crippen LogP contribution in [0, 0.1) is 5.92 Å². The summed E-state index contributed by atoms with van der Waals surface area (Å²) in [5.74, 6) is 1.75. The number of hydrogen-bond acceptors (Lipinski definition) is 5. The van der Waals surface area contributed by atoms with Gasteiger partial charge in [-0.1, -0.05) is 13.8 Å². The molecule has 1 amide bonds. The molecule has 0 saturated carbocycles. The van der Waals surface area contributed by atoms with Gasteiger partial charge in [-0.15, -0.1) is 0 Å².